The Morgan fingerprint density at radius 1 is 1.45 bits per heavy atom. The fourth-order valence-corrected chi connectivity index (χ4v) is 0.872. The van der Waals surface area contributed by atoms with Crippen molar-refractivity contribution in [2.45, 2.75) is 19.8 Å². The highest BCUT2D eigenvalue weighted by Gasteiger charge is 2.00. The van der Waals surface area contributed by atoms with E-state index in [-0.39, 0.29) is 0 Å². The summed E-state index contributed by atoms with van der Waals surface area (Å²) in [6.45, 7) is 2.07. The maximum Gasteiger partial charge on any atom is 0.147 e. The molecule has 1 heterocycles. The maximum absolute atomic E-state index is 5.55. The number of rotatable bonds is 2. The van der Waals surface area contributed by atoms with Gasteiger partial charge in [-0.05, 0) is 6.42 Å². The lowest BCUT2D eigenvalue weighted by Gasteiger charge is -2.01. The van der Waals surface area contributed by atoms with E-state index in [9.17, 15) is 0 Å². The first-order valence-electron chi connectivity index (χ1n) is 3.61. The predicted molar refractivity (Wildman–Crippen MR) is 44.9 cm³/mol. The molecule has 11 heavy (non-hydrogen) atoms. The molecule has 0 aromatic carbocycles. The van der Waals surface area contributed by atoms with Crippen LogP contribution in [0.4, 0.5) is 11.6 Å². The lowest BCUT2D eigenvalue weighted by molar-refractivity contribution is 0.877. The van der Waals surface area contributed by atoms with Gasteiger partial charge in [-0.15, -0.1) is 0 Å². The highest BCUT2D eigenvalue weighted by molar-refractivity contribution is 5.40. The van der Waals surface area contributed by atoms with Crippen LogP contribution in [-0.2, 0) is 6.42 Å². The Balaban J connectivity index is 2.90. The van der Waals surface area contributed by atoms with Crippen molar-refractivity contribution in [3.63, 3.8) is 0 Å². The summed E-state index contributed by atoms with van der Waals surface area (Å²) in [4.78, 5) is 7.94. The fraction of sp³-hybridized carbons (Fsp3) is 0.429. The third-order valence-electron chi connectivity index (χ3n) is 1.38. The van der Waals surface area contributed by atoms with Gasteiger partial charge in [0.15, 0.2) is 0 Å². The van der Waals surface area contributed by atoms with Crippen LogP contribution in [-0.4, -0.2) is 9.97 Å². The molecule has 0 saturated carbocycles. The Labute approximate surface area is 65.6 Å². The highest BCUT2D eigenvalue weighted by Crippen LogP contribution is 2.08. The highest BCUT2D eigenvalue weighted by atomic mass is 15.0. The van der Waals surface area contributed by atoms with Crippen LogP contribution < -0.4 is 11.5 Å². The molecule has 4 N–H and O–H groups in total. The molecular weight excluding hydrogens is 140 g/mol. The van der Waals surface area contributed by atoms with Gasteiger partial charge in [0.05, 0.1) is 11.9 Å². The average Bonchev–Trinajstić information content (AvgIpc) is 1.95. The van der Waals surface area contributed by atoms with Gasteiger partial charge in [0.1, 0.15) is 11.6 Å². The minimum atomic E-state index is 0.377. The van der Waals surface area contributed by atoms with Crippen molar-refractivity contribution < 1.29 is 0 Å². The van der Waals surface area contributed by atoms with Crippen molar-refractivity contribution in [3.8, 4) is 0 Å². The van der Waals surface area contributed by atoms with E-state index >= 15 is 0 Å². The van der Waals surface area contributed by atoms with Gasteiger partial charge in [0, 0.05) is 0 Å². The zero-order valence-corrected chi connectivity index (χ0v) is 6.54. The predicted octanol–water partition coefficient (Wildman–Crippen LogP) is 0.594. The van der Waals surface area contributed by atoms with E-state index in [0.29, 0.717) is 11.6 Å². The van der Waals surface area contributed by atoms with E-state index in [1.54, 1.807) is 0 Å². The van der Waals surface area contributed by atoms with E-state index in [1.165, 1.54) is 6.20 Å². The van der Waals surface area contributed by atoms with Crippen molar-refractivity contribution in [2.75, 3.05) is 11.5 Å². The summed E-state index contributed by atoms with van der Waals surface area (Å²) in [5.41, 5.74) is 11.8. The number of nitrogen functional groups attached to an aromatic ring is 2. The van der Waals surface area contributed by atoms with Crippen LogP contribution in [0.25, 0.3) is 0 Å². The van der Waals surface area contributed by atoms with Crippen LogP contribution in [0.15, 0.2) is 6.20 Å². The molecule has 4 nitrogen and oxygen atoms in total. The van der Waals surface area contributed by atoms with Crippen LogP contribution >= 0.6 is 0 Å². The molecule has 0 atom stereocenters. The molecule has 0 spiro atoms. The molecule has 0 saturated heterocycles. The largest absolute Gasteiger partial charge is 0.382 e. The molecule has 0 aliphatic rings. The van der Waals surface area contributed by atoms with Crippen LogP contribution in [0.1, 0.15) is 19.0 Å². The molecule has 0 bridgehead atoms. The number of hydrogen-bond donors (Lipinski definition) is 2. The summed E-state index contributed by atoms with van der Waals surface area (Å²) in [6.07, 6.45) is 3.41. The number of nitrogens with zero attached hydrogens (tertiary/aromatic N) is 2. The van der Waals surface area contributed by atoms with Crippen molar-refractivity contribution in [1.82, 2.24) is 9.97 Å². The van der Waals surface area contributed by atoms with E-state index < -0.39 is 0 Å². The monoisotopic (exact) mass is 152 g/mol. The molecule has 4 heteroatoms. The lowest BCUT2D eigenvalue weighted by atomic mass is 10.2. The third kappa shape index (κ3) is 1.80. The number of nitrogens with two attached hydrogens (primary N) is 2. The fourth-order valence-electron chi connectivity index (χ4n) is 0.872. The quantitative estimate of drug-likeness (QED) is 0.650. The Morgan fingerprint density at radius 3 is 2.73 bits per heavy atom. The van der Waals surface area contributed by atoms with Gasteiger partial charge in [0.2, 0.25) is 0 Å². The zero-order chi connectivity index (χ0) is 8.27. The Morgan fingerprint density at radius 2 is 2.18 bits per heavy atom. The van der Waals surface area contributed by atoms with E-state index in [4.69, 9.17) is 11.5 Å². The van der Waals surface area contributed by atoms with Gasteiger partial charge in [-0.3, -0.25) is 4.98 Å². The molecular formula is C7H12N4. The summed E-state index contributed by atoms with van der Waals surface area (Å²) in [6, 6.07) is 0. The second-order valence-corrected chi connectivity index (χ2v) is 2.38. The Hall–Kier alpha value is -1.32. The summed E-state index contributed by atoms with van der Waals surface area (Å²) >= 11 is 0. The molecule has 0 radical (unpaired) electrons. The number of anilines is 2. The maximum atomic E-state index is 5.55. The van der Waals surface area contributed by atoms with Gasteiger partial charge >= 0.3 is 0 Å². The second kappa shape index (κ2) is 3.18. The topological polar surface area (TPSA) is 77.8 Å². The first kappa shape index (κ1) is 7.78. The molecule has 60 valence electrons. The molecule has 0 unspecified atom stereocenters. The number of hydrogen-bond acceptors (Lipinski definition) is 4. The summed E-state index contributed by atoms with van der Waals surface area (Å²) in [5, 5.41) is 0. The molecule has 0 aliphatic heterocycles. The van der Waals surface area contributed by atoms with Crippen LogP contribution in [0.5, 0.6) is 0 Å². The van der Waals surface area contributed by atoms with Gasteiger partial charge < -0.3 is 11.5 Å². The molecule has 1 aromatic rings. The van der Waals surface area contributed by atoms with Crippen molar-refractivity contribution in [2.24, 2.45) is 0 Å². The summed E-state index contributed by atoms with van der Waals surface area (Å²) in [5.74, 6) is 0.828. The minimum Gasteiger partial charge on any atom is -0.382 e. The van der Waals surface area contributed by atoms with E-state index in [1.807, 2.05) is 0 Å². The SMILES string of the molecule is CCCc1ncc(N)nc1N. The lowest BCUT2D eigenvalue weighted by Crippen LogP contribution is -2.03. The first-order valence-corrected chi connectivity index (χ1v) is 3.61. The zero-order valence-electron chi connectivity index (χ0n) is 6.54. The summed E-state index contributed by atoms with van der Waals surface area (Å²) in [7, 11) is 0. The molecule has 1 aromatic heterocycles. The standard InChI is InChI=1S/C7H12N4/c1-2-3-5-7(9)11-6(8)4-10-5/h4H,2-3H2,1H3,(H4,8,9,11). The van der Waals surface area contributed by atoms with Crippen molar-refractivity contribution in [1.29, 1.82) is 0 Å². The smallest absolute Gasteiger partial charge is 0.147 e. The van der Waals surface area contributed by atoms with Crippen LogP contribution in [0.2, 0.25) is 0 Å². The molecule has 1 rings (SSSR count). The van der Waals surface area contributed by atoms with Gasteiger partial charge in [-0.2, -0.15) is 0 Å². The Kier molecular flexibility index (Phi) is 2.25. The van der Waals surface area contributed by atoms with Gasteiger partial charge in [0.25, 0.3) is 0 Å². The van der Waals surface area contributed by atoms with Crippen molar-refractivity contribution in [3.05, 3.63) is 11.9 Å². The average molecular weight is 152 g/mol. The van der Waals surface area contributed by atoms with Crippen molar-refractivity contribution >= 4 is 11.6 Å². The van der Waals surface area contributed by atoms with Crippen LogP contribution in [0.3, 0.4) is 0 Å². The first-order chi connectivity index (χ1) is 5.24. The second-order valence-electron chi connectivity index (χ2n) is 2.38. The number of aromatic nitrogens is 2. The van der Waals surface area contributed by atoms with E-state index in [2.05, 4.69) is 16.9 Å². The van der Waals surface area contributed by atoms with E-state index in [0.717, 1.165) is 18.5 Å². The van der Waals surface area contributed by atoms with Crippen LogP contribution in [0, 0.1) is 0 Å². The summed E-state index contributed by atoms with van der Waals surface area (Å²) < 4.78 is 0. The molecule has 0 fully saturated rings. The van der Waals surface area contributed by atoms with Gasteiger partial charge in [-0.25, -0.2) is 4.98 Å². The molecule has 0 aliphatic carbocycles. The number of aryl methyl sites for hydroxylation is 1. The third-order valence-corrected chi connectivity index (χ3v) is 1.38. The molecule has 0 amide bonds. The minimum absolute atomic E-state index is 0.377. The Bertz CT molecular complexity index is 246. The van der Waals surface area contributed by atoms with Gasteiger partial charge in [-0.1, -0.05) is 13.3 Å². The normalized spacial score (nSPS) is 9.91.